The molecule has 2 rings (SSSR count). The van der Waals surface area contributed by atoms with E-state index in [-0.39, 0.29) is 0 Å². The Morgan fingerprint density at radius 3 is 3.23 bits per heavy atom. The highest BCUT2D eigenvalue weighted by molar-refractivity contribution is 5.15. The molecule has 0 aliphatic heterocycles. The second-order valence-corrected chi connectivity index (χ2v) is 4.57. The van der Waals surface area contributed by atoms with Gasteiger partial charge in [0.1, 0.15) is 0 Å². The van der Waals surface area contributed by atoms with Crippen LogP contribution >= 0.6 is 0 Å². The summed E-state index contributed by atoms with van der Waals surface area (Å²) >= 11 is 0. The predicted octanol–water partition coefficient (Wildman–Crippen LogP) is 2.56. The number of aromatic nitrogens is 2. The van der Waals surface area contributed by atoms with E-state index >= 15 is 0 Å². The van der Waals surface area contributed by atoms with Gasteiger partial charge in [-0.2, -0.15) is 0 Å². The van der Waals surface area contributed by atoms with Crippen molar-refractivity contribution in [2.24, 2.45) is 11.8 Å². The first kappa shape index (κ1) is 8.79. The maximum absolute atomic E-state index is 4.36. The summed E-state index contributed by atoms with van der Waals surface area (Å²) in [5, 5.41) is 0. The molecule has 1 aromatic heterocycles. The molecule has 13 heavy (non-hydrogen) atoms. The first-order valence-corrected chi connectivity index (χ1v) is 5.27. The van der Waals surface area contributed by atoms with Crippen LogP contribution in [-0.4, -0.2) is 9.97 Å². The molecule has 1 unspecified atom stereocenters. The van der Waals surface area contributed by atoms with Crippen LogP contribution in [0.3, 0.4) is 0 Å². The zero-order valence-electron chi connectivity index (χ0n) is 8.51. The number of aryl methyl sites for hydroxylation is 1. The summed E-state index contributed by atoms with van der Waals surface area (Å²) in [6, 6.07) is 0. The van der Waals surface area contributed by atoms with Crippen molar-refractivity contribution in [1.29, 1.82) is 0 Å². The Morgan fingerprint density at radius 2 is 2.46 bits per heavy atom. The molecule has 0 spiro atoms. The highest BCUT2D eigenvalue weighted by Crippen LogP contribution is 2.27. The van der Waals surface area contributed by atoms with Crippen molar-refractivity contribution >= 4 is 0 Å². The second kappa shape index (κ2) is 3.52. The molecule has 0 saturated carbocycles. The molecular formula is C11H18N2. The number of nitrogens with one attached hydrogen (secondary N) is 1. The summed E-state index contributed by atoms with van der Waals surface area (Å²) in [4.78, 5) is 7.58. The molecule has 1 N–H and O–H groups in total. The van der Waals surface area contributed by atoms with Crippen molar-refractivity contribution in [1.82, 2.24) is 9.97 Å². The number of aromatic amines is 1. The van der Waals surface area contributed by atoms with Gasteiger partial charge in [0.2, 0.25) is 0 Å². The van der Waals surface area contributed by atoms with Crippen LogP contribution in [0.4, 0.5) is 0 Å². The monoisotopic (exact) mass is 178 g/mol. The maximum atomic E-state index is 4.36. The van der Waals surface area contributed by atoms with Crippen LogP contribution in [0.1, 0.15) is 38.1 Å². The van der Waals surface area contributed by atoms with Gasteiger partial charge in [-0.05, 0) is 37.5 Å². The van der Waals surface area contributed by atoms with Crippen molar-refractivity contribution in [3.05, 3.63) is 17.7 Å². The topological polar surface area (TPSA) is 28.7 Å². The van der Waals surface area contributed by atoms with Gasteiger partial charge in [-0.1, -0.05) is 13.8 Å². The summed E-state index contributed by atoms with van der Waals surface area (Å²) < 4.78 is 0. The summed E-state index contributed by atoms with van der Waals surface area (Å²) in [5.74, 6) is 1.70. The lowest BCUT2D eigenvalue weighted by Gasteiger charge is -2.22. The Morgan fingerprint density at radius 1 is 1.62 bits per heavy atom. The van der Waals surface area contributed by atoms with Gasteiger partial charge in [-0.25, -0.2) is 4.98 Å². The molecule has 0 fully saturated rings. The average molecular weight is 178 g/mol. The second-order valence-electron chi connectivity index (χ2n) is 4.57. The van der Waals surface area contributed by atoms with Crippen LogP contribution in [0.25, 0.3) is 0 Å². The number of nitrogens with zero attached hydrogens (tertiary/aromatic N) is 1. The summed E-state index contributed by atoms with van der Waals surface area (Å²) in [6.45, 7) is 4.61. The quantitative estimate of drug-likeness (QED) is 0.740. The lowest BCUT2D eigenvalue weighted by Crippen LogP contribution is -2.15. The van der Waals surface area contributed by atoms with Crippen molar-refractivity contribution in [3.8, 4) is 0 Å². The van der Waals surface area contributed by atoms with Crippen molar-refractivity contribution in [2.75, 3.05) is 0 Å². The van der Waals surface area contributed by atoms with Crippen LogP contribution in [0.5, 0.6) is 0 Å². The molecule has 0 radical (unpaired) electrons. The van der Waals surface area contributed by atoms with E-state index in [0.717, 1.165) is 11.8 Å². The lowest BCUT2D eigenvalue weighted by atomic mass is 9.84. The fourth-order valence-corrected chi connectivity index (χ4v) is 2.33. The van der Waals surface area contributed by atoms with Gasteiger partial charge in [-0.3, -0.25) is 0 Å². The van der Waals surface area contributed by atoms with Crippen LogP contribution in [0, 0.1) is 11.8 Å². The van der Waals surface area contributed by atoms with E-state index in [4.69, 9.17) is 0 Å². The Bertz CT molecular complexity index is 275. The summed E-state index contributed by atoms with van der Waals surface area (Å²) in [5.41, 5.74) is 2.69. The van der Waals surface area contributed by atoms with Gasteiger partial charge >= 0.3 is 0 Å². The molecule has 1 aliphatic rings. The van der Waals surface area contributed by atoms with E-state index < -0.39 is 0 Å². The van der Waals surface area contributed by atoms with E-state index in [1.807, 2.05) is 6.33 Å². The van der Waals surface area contributed by atoms with Gasteiger partial charge in [0, 0.05) is 5.69 Å². The zero-order chi connectivity index (χ0) is 9.26. The van der Waals surface area contributed by atoms with Crippen molar-refractivity contribution < 1.29 is 0 Å². The van der Waals surface area contributed by atoms with Crippen LogP contribution in [0.15, 0.2) is 6.33 Å². The molecule has 0 saturated heterocycles. The van der Waals surface area contributed by atoms with E-state index in [1.165, 1.54) is 37.1 Å². The number of rotatable bonds is 2. The van der Waals surface area contributed by atoms with E-state index in [2.05, 4.69) is 23.8 Å². The van der Waals surface area contributed by atoms with Gasteiger partial charge in [0.05, 0.1) is 12.0 Å². The smallest absolute Gasteiger partial charge is 0.0925 e. The molecule has 1 aromatic rings. The third-order valence-corrected chi connectivity index (χ3v) is 2.90. The molecule has 1 aliphatic carbocycles. The average Bonchev–Trinajstić information content (AvgIpc) is 2.49. The minimum atomic E-state index is 0.825. The van der Waals surface area contributed by atoms with Crippen LogP contribution in [-0.2, 0) is 12.8 Å². The third-order valence-electron chi connectivity index (χ3n) is 2.90. The first-order valence-electron chi connectivity index (χ1n) is 5.27. The summed E-state index contributed by atoms with van der Waals surface area (Å²) in [6.07, 6.45) is 6.92. The SMILES string of the molecule is CC(C)CC1CCc2[nH]cnc2C1. The van der Waals surface area contributed by atoms with Gasteiger partial charge in [0.25, 0.3) is 0 Å². The molecule has 2 nitrogen and oxygen atoms in total. The fourth-order valence-electron chi connectivity index (χ4n) is 2.33. The Kier molecular flexibility index (Phi) is 2.38. The molecule has 1 atom stereocenters. The Labute approximate surface area is 79.8 Å². The van der Waals surface area contributed by atoms with Crippen LogP contribution < -0.4 is 0 Å². The maximum Gasteiger partial charge on any atom is 0.0925 e. The number of fused-ring (bicyclic) bond motifs is 1. The number of H-pyrrole nitrogens is 1. The number of hydrogen-bond acceptors (Lipinski definition) is 1. The first-order chi connectivity index (χ1) is 6.25. The molecule has 1 heterocycles. The molecule has 0 bridgehead atoms. The minimum absolute atomic E-state index is 0.825. The molecule has 0 aromatic carbocycles. The van der Waals surface area contributed by atoms with Crippen LogP contribution in [0.2, 0.25) is 0 Å². The van der Waals surface area contributed by atoms with Gasteiger partial charge < -0.3 is 4.98 Å². The highest BCUT2D eigenvalue weighted by Gasteiger charge is 2.20. The molecule has 2 heteroatoms. The molecule has 0 amide bonds. The number of hydrogen-bond donors (Lipinski definition) is 1. The molecular weight excluding hydrogens is 160 g/mol. The molecule has 72 valence electrons. The fraction of sp³-hybridized carbons (Fsp3) is 0.727. The Balaban J connectivity index is 2.00. The minimum Gasteiger partial charge on any atom is -0.348 e. The largest absolute Gasteiger partial charge is 0.348 e. The highest BCUT2D eigenvalue weighted by atomic mass is 14.9. The number of imidazole rings is 1. The predicted molar refractivity (Wildman–Crippen MR) is 53.6 cm³/mol. The normalized spacial score (nSPS) is 21.9. The summed E-state index contributed by atoms with van der Waals surface area (Å²) in [7, 11) is 0. The van der Waals surface area contributed by atoms with Crippen molar-refractivity contribution in [2.45, 2.75) is 39.5 Å². The lowest BCUT2D eigenvalue weighted by molar-refractivity contribution is 0.365. The van der Waals surface area contributed by atoms with E-state index in [1.54, 1.807) is 0 Å². The third kappa shape index (κ3) is 1.93. The van der Waals surface area contributed by atoms with Gasteiger partial charge in [0.15, 0.2) is 0 Å². The Hall–Kier alpha value is -0.790. The van der Waals surface area contributed by atoms with Gasteiger partial charge in [-0.15, -0.1) is 0 Å². The van der Waals surface area contributed by atoms with Crippen molar-refractivity contribution in [3.63, 3.8) is 0 Å². The van der Waals surface area contributed by atoms with E-state index in [0.29, 0.717) is 0 Å². The van der Waals surface area contributed by atoms with E-state index in [9.17, 15) is 0 Å². The zero-order valence-corrected chi connectivity index (χ0v) is 8.51. The standard InChI is InChI=1S/C11H18N2/c1-8(2)5-9-3-4-10-11(6-9)13-7-12-10/h7-9H,3-6H2,1-2H3,(H,12,13).